The van der Waals surface area contributed by atoms with E-state index in [1.165, 1.54) is 0 Å². The van der Waals surface area contributed by atoms with Gasteiger partial charge in [-0.25, -0.2) is 0 Å². The van der Waals surface area contributed by atoms with Crippen molar-refractivity contribution >= 4 is 11.9 Å². The number of ether oxygens (including phenoxy) is 2. The van der Waals surface area contributed by atoms with E-state index in [0.717, 1.165) is 44.9 Å². The molecule has 2 atom stereocenters. The van der Waals surface area contributed by atoms with E-state index in [0.29, 0.717) is 26.3 Å². The van der Waals surface area contributed by atoms with Crippen molar-refractivity contribution in [2.24, 2.45) is 21.5 Å². The molecule has 0 amide bonds. The Bertz CT molecular complexity index is 640. The highest BCUT2D eigenvalue weighted by molar-refractivity contribution is 5.79. The highest BCUT2D eigenvalue weighted by atomic mass is 16.5. The fourth-order valence-electron chi connectivity index (χ4n) is 3.09. The average molecular weight is 437 g/mol. The molecule has 0 spiro atoms. The largest absolute Gasteiger partial charge is 0.375 e. The number of nitrogens with two attached hydrogens (primary N) is 2. The zero-order chi connectivity index (χ0) is 23.6. The molecule has 10 heteroatoms. The van der Waals surface area contributed by atoms with E-state index in [-0.39, 0.29) is 23.1 Å². The quantitative estimate of drug-likeness (QED) is 0.0937. The van der Waals surface area contributed by atoms with Gasteiger partial charge in [0.2, 0.25) is 11.9 Å². The molecule has 6 N–H and O–H groups in total. The van der Waals surface area contributed by atoms with E-state index in [4.69, 9.17) is 31.5 Å². The van der Waals surface area contributed by atoms with Crippen LogP contribution in [0.3, 0.4) is 0 Å². The lowest BCUT2D eigenvalue weighted by atomic mass is 9.93. The van der Waals surface area contributed by atoms with Crippen molar-refractivity contribution in [1.82, 2.24) is 10.6 Å². The molecular weight excluding hydrogens is 396 g/mol. The van der Waals surface area contributed by atoms with Crippen LogP contribution >= 0.6 is 0 Å². The van der Waals surface area contributed by atoms with Gasteiger partial charge in [-0.15, -0.1) is 0 Å². The summed E-state index contributed by atoms with van der Waals surface area (Å²) in [6.45, 7) is 10.7. The summed E-state index contributed by atoms with van der Waals surface area (Å²) in [5, 5.41) is 21.6. The van der Waals surface area contributed by atoms with Gasteiger partial charge in [0.15, 0.2) is 12.4 Å². The lowest BCUT2D eigenvalue weighted by Crippen LogP contribution is -2.35. The van der Waals surface area contributed by atoms with Crippen LogP contribution in [0.15, 0.2) is 9.98 Å². The summed E-state index contributed by atoms with van der Waals surface area (Å²) in [7, 11) is 0. The number of hydrogen-bond donors (Lipinski definition) is 4. The first-order valence-electron chi connectivity index (χ1n) is 10.9. The number of nitrogens with one attached hydrogen (secondary N) is 2. The van der Waals surface area contributed by atoms with Gasteiger partial charge in [0, 0.05) is 19.7 Å². The number of aliphatic imine (C=N–C) groups is 2. The van der Waals surface area contributed by atoms with Gasteiger partial charge in [0.25, 0.3) is 0 Å². The van der Waals surface area contributed by atoms with Crippen LogP contribution in [-0.2, 0) is 9.47 Å². The molecule has 0 aliphatic heterocycles. The minimum absolute atomic E-state index is 0.124. The third-order valence-corrected chi connectivity index (χ3v) is 5.16. The lowest BCUT2D eigenvalue weighted by molar-refractivity contribution is -0.0921. The predicted octanol–water partition coefficient (Wildman–Crippen LogP) is 2.08. The second kappa shape index (κ2) is 16.2. The Hall–Kier alpha value is -2.56. The number of hydrogen-bond acceptors (Lipinski definition) is 6. The van der Waals surface area contributed by atoms with Crippen LogP contribution in [0.4, 0.5) is 0 Å². The Kier molecular flexibility index (Phi) is 14.8. The summed E-state index contributed by atoms with van der Waals surface area (Å²) in [6.07, 6.45) is 9.57. The standard InChI is InChI=1S/C21H40N8O2/c1-5-9-21(4,10-7-12-26-18(24)28-16-22)31-15-11-20(3,6-2)30-14-8-13-27-19(25)29-17-23/h5-15H2,1-4H3,(H3,24,26,28)(H3,25,27,29). The Morgan fingerprint density at radius 1 is 0.839 bits per heavy atom. The predicted molar refractivity (Wildman–Crippen MR) is 123 cm³/mol. The summed E-state index contributed by atoms with van der Waals surface area (Å²) in [5.41, 5.74) is 10.6. The highest BCUT2D eigenvalue weighted by Gasteiger charge is 2.27. The molecule has 0 rings (SSSR count). The van der Waals surface area contributed by atoms with Crippen molar-refractivity contribution in [2.45, 2.75) is 83.8 Å². The Morgan fingerprint density at radius 2 is 1.39 bits per heavy atom. The second-order valence-corrected chi connectivity index (χ2v) is 7.91. The van der Waals surface area contributed by atoms with Gasteiger partial charge in [-0.2, -0.15) is 10.5 Å². The minimum Gasteiger partial charge on any atom is -0.375 e. The maximum atomic E-state index is 8.52. The molecule has 2 unspecified atom stereocenters. The van der Waals surface area contributed by atoms with E-state index >= 15 is 0 Å². The Morgan fingerprint density at radius 3 is 1.90 bits per heavy atom. The van der Waals surface area contributed by atoms with Crippen LogP contribution in [0.1, 0.15) is 72.6 Å². The van der Waals surface area contributed by atoms with Gasteiger partial charge in [-0.05, 0) is 52.4 Å². The van der Waals surface area contributed by atoms with Gasteiger partial charge in [0.1, 0.15) is 0 Å². The van der Waals surface area contributed by atoms with Gasteiger partial charge < -0.3 is 20.9 Å². The summed E-state index contributed by atoms with van der Waals surface area (Å²) in [4.78, 5) is 8.18. The number of rotatable bonds is 16. The van der Waals surface area contributed by atoms with Crippen LogP contribution in [0.2, 0.25) is 0 Å². The van der Waals surface area contributed by atoms with E-state index in [1.54, 1.807) is 12.4 Å². The molecule has 10 nitrogen and oxygen atoms in total. The molecule has 0 saturated heterocycles. The van der Waals surface area contributed by atoms with Crippen molar-refractivity contribution in [1.29, 1.82) is 10.5 Å². The van der Waals surface area contributed by atoms with Crippen molar-refractivity contribution in [2.75, 3.05) is 26.3 Å². The van der Waals surface area contributed by atoms with Gasteiger partial charge in [-0.1, -0.05) is 20.3 Å². The van der Waals surface area contributed by atoms with Crippen LogP contribution in [-0.4, -0.2) is 49.4 Å². The summed E-state index contributed by atoms with van der Waals surface area (Å²) >= 11 is 0. The SMILES string of the molecule is CCCC(C)(CCCN=C(N)NC#N)OCCC(C)(CC)OCCCN=C(N)NC#N. The number of nitrogens with zero attached hydrogens (tertiary/aromatic N) is 4. The monoisotopic (exact) mass is 436 g/mol. The van der Waals surface area contributed by atoms with Crippen molar-refractivity contribution in [3.05, 3.63) is 0 Å². The molecule has 0 aliphatic carbocycles. The molecule has 0 radical (unpaired) electrons. The molecule has 0 aliphatic rings. The van der Waals surface area contributed by atoms with Gasteiger partial charge >= 0.3 is 0 Å². The second-order valence-electron chi connectivity index (χ2n) is 7.91. The topological polar surface area (TPSA) is 167 Å². The molecule has 0 fully saturated rings. The Balaban J connectivity index is 4.45. The summed E-state index contributed by atoms with van der Waals surface area (Å²) < 4.78 is 12.4. The zero-order valence-electron chi connectivity index (χ0n) is 19.5. The molecular formula is C21H40N8O2. The first-order chi connectivity index (χ1) is 14.7. The number of nitriles is 2. The maximum Gasteiger partial charge on any atom is 0.202 e. The van der Waals surface area contributed by atoms with Crippen molar-refractivity contribution < 1.29 is 9.47 Å². The van der Waals surface area contributed by atoms with Crippen LogP contribution in [0.5, 0.6) is 0 Å². The molecule has 0 aromatic carbocycles. The molecule has 0 heterocycles. The molecule has 0 aromatic heterocycles. The molecule has 0 aromatic rings. The van der Waals surface area contributed by atoms with E-state index in [9.17, 15) is 0 Å². The van der Waals surface area contributed by atoms with E-state index in [1.807, 2.05) is 0 Å². The minimum atomic E-state index is -0.269. The van der Waals surface area contributed by atoms with Gasteiger partial charge in [0.05, 0.1) is 17.8 Å². The Labute approximate surface area is 187 Å². The smallest absolute Gasteiger partial charge is 0.202 e. The highest BCUT2D eigenvalue weighted by Crippen LogP contribution is 2.27. The molecule has 176 valence electrons. The fraction of sp³-hybridized carbons (Fsp3) is 0.810. The normalized spacial score (nSPS) is 15.9. The van der Waals surface area contributed by atoms with Crippen LogP contribution < -0.4 is 22.1 Å². The van der Waals surface area contributed by atoms with E-state index < -0.39 is 0 Å². The fourth-order valence-corrected chi connectivity index (χ4v) is 3.09. The molecule has 31 heavy (non-hydrogen) atoms. The first-order valence-corrected chi connectivity index (χ1v) is 10.9. The third-order valence-electron chi connectivity index (χ3n) is 5.16. The number of guanidine groups is 2. The van der Waals surface area contributed by atoms with Gasteiger partial charge in [-0.3, -0.25) is 20.6 Å². The molecule has 0 bridgehead atoms. The van der Waals surface area contributed by atoms with Crippen molar-refractivity contribution in [3.8, 4) is 12.4 Å². The summed E-state index contributed by atoms with van der Waals surface area (Å²) in [6, 6.07) is 0. The average Bonchev–Trinajstić information content (AvgIpc) is 2.72. The summed E-state index contributed by atoms with van der Waals surface area (Å²) in [5.74, 6) is 0.269. The van der Waals surface area contributed by atoms with Crippen LogP contribution in [0.25, 0.3) is 0 Å². The maximum absolute atomic E-state index is 8.52. The van der Waals surface area contributed by atoms with Crippen LogP contribution in [0, 0.1) is 22.9 Å². The molecule has 0 saturated carbocycles. The first kappa shape index (κ1) is 28.4. The zero-order valence-corrected chi connectivity index (χ0v) is 19.5. The lowest BCUT2D eigenvalue weighted by Gasteiger charge is -2.33. The van der Waals surface area contributed by atoms with E-state index in [2.05, 4.69) is 48.3 Å². The third kappa shape index (κ3) is 14.1. The van der Waals surface area contributed by atoms with Crippen molar-refractivity contribution in [3.63, 3.8) is 0 Å².